The molecule has 0 aliphatic carbocycles. The van der Waals surface area contributed by atoms with Gasteiger partial charge < -0.3 is 4.57 Å². The molecule has 1 aromatic rings. The minimum atomic E-state index is 0.261. The zero-order chi connectivity index (χ0) is 10.6. The van der Waals surface area contributed by atoms with Gasteiger partial charge in [0.25, 0.3) is 0 Å². The van der Waals surface area contributed by atoms with Crippen LogP contribution in [0, 0.1) is 5.92 Å². The molecule has 14 heavy (non-hydrogen) atoms. The molecule has 0 N–H and O–H groups in total. The molecule has 80 valence electrons. The Kier molecular flexibility index (Phi) is 4.46. The number of aromatic nitrogens is 2. The highest BCUT2D eigenvalue weighted by Gasteiger charge is 2.11. The van der Waals surface area contributed by atoms with Crippen molar-refractivity contribution < 1.29 is 0 Å². The van der Waals surface area contributed by atoms with Crippen molar-refractivity contribution in [2.45, 2.75) is 45.5 Å². The minimum Gasteiger partial charge on any atom is -0.335 e. The molecule has 1 heterocycles. The second kappa shape index (κ2) is 5.40. The third-order valence-corrected chi connectivity index (χ3v) is 3.23. The van der Waals surface area contributed by atoms with Gasteiger partial charge in [-0.15, -0.1) is 11.6 Å². The molecule has 0 fully saturated rings. The quantitative estimate of drug-likeness (QED) is 0.689. The first-order valence-electron chi connectivity index (χ1n) is 5.29. The van der Waals surface area contributed by atoms with Crippen LogP contribution in [-0.2, 0) is 13.0 Å². The molecular weight excluding hydrogens is 196 g/mol. The van der Waals surface area contributed by atoms with Crippen molar-refractivity contribution in [1.29, 1.82) is 0 Å². The number of imidazole rings is 1. The lowest BCUT2D eigenvalue weighted by atomic mass is 10.1. The maximum atomic E-state index is 6.19. The summed E-state index contributed by atoms with van der Waals surface area (Å²) in [5.74, 6) is 1.69. The van der Waals surface area contributed by atoms with Gasteiger partial charge in [-0.1, -0.05) is 13.8 Å². The maximum absolute atomic E-state index is 6.19. The van der Waals surface area contributed by atoms with E-state index in [-0.39, 0.29) is 5.38 Å². The highest BCUT2D eigenvalue weighted by molar-refractivity contribution is 6.20. The third-order valence-electron chi connectivity index (χ3n) is 2.51. The van der Waals surface area contributed by atoms with Gasteiger partial charge in [0, 0.05) is 30.7 Å². The molecule has 0 amide bonds. The largest absolute Gasteiger partial charge is 0.335 e. The zero-order valence-corrected chi connectivity index (χ0v) is 9.96. The molecule has 0 saturated heterocycles. The van der Waals surface area contributed by atoms with Gasteiger partial charge in [0.05, 0.1) is 0 Å². The topological polar surface area (TPSA) is 17.8 Å². The van der Waals surface area contributed by atoms with Crippen LogP contribution in [0.4, 0.5) is 0 Å². The first kappa shape index (κ1) is 11.6. The number of nitrogens with zero attached hydrogens (tertiary/aromatic N) is 2. The summed E-state index contributed by atoms with van der Waals surface area (Å²) >= 11 is 6.19. The number of aryl methyl sites for hydroxylation is 2. The van der Waals surface area contributed by atoms with E-state index in [4.69, 9.17) is 11.6 Å². The zero-order valence-electron chi connectivity index (χ0n) is 9.20. The Hall–Kier alpha value is -0.500. The lowest BCUT2D eigenvalue weighted by Crippen LogP contribution is -2.11. The van der Waals surface area contributed by atoms with Crippen molar-refractivity contribution in [2.75, 3.05) is 0 Å². The highest BCUT2D eigenvalue weighted by atomic mass is 35.5. The number of hydrogen-bond donors (Lipinski definition) is 0. The van der Waals surface area contributed by atoms with Gasteiger partial charge in [-0.3, -0.25) is 0 Å². The molecule has 1 rings (SSSR count). The maximum Gasteiger partial charge on any atom is 0.108 e. The molecule has 0 aliphatic rings. The molecule has 3 heteroatoms. The molecule has 2 nitrogen and oxygen atoms in total. The lowest BCUT2D eigenvalue weighted by Gasteiger charge is -2.12. The first-order chi connectivity index (χ1) is 6.65. The van der Waals surface area contributed by atoms with Crippen molar-refractivity contribution in [3.63, 3.8) is 0 Å². The summed E-state index contributed by atoms with van der Waals surface area (Å²) in [4.78, 5) is 4.32. The number of halogens is 1. The number of alkyl halides is 1. The standard InChI is InChI=1S/C11H19ClN2/c1-4-14-8-7-13-11(14)6-5-10(12)9(2)3/h7-10H,4-6H2,1-3H3. The summed E-state index contributed by atoms with van der Waals surface area (Å²) in [6.45, 7) is 7.43. The van der Waals surface area contributed by atoms with Crippen molar-refractivity contribution >= 4 is 11.6 Å². The van der Waals surface area contributed by atoms with Gasteiger partial charge in [-0.25, -0.2) is 4.98 Å². The molecule has 0 aliphatic heterocycles. The van der Waals surface area contributed by atoms with E-state index in [1.807, 2.05) is 12.4 Å². The Labute approximate surface area is 91.3 Å². The summed E-state index contributed by atoms with van der Waals surface area (Å²) in [5, 5.41) is 0.261. The number of rotatable bonds is 5. The minimum absolute atomic E-state index is 0.261. The van der Waals surface area contributed by atoms with Gasteiger partial charge >= 0.3 is 0 Å². The molecule has 1 aromatic heterocycles. The Balaban J connectivity index is 2.45. The van der Waals surface area contributed by atoms with E-state index in [0.717, 1.165) is 25.2 Å². The van der Waals surface area contributed by atoms with Crippen LogP contribution in [0.3, 0.4) is 0 Å². The Bertz CT molecular complexity index is 268. The number of hydrogen-bond acceptors (Lipinski definition) is 1. The fourth-order valence-electron chi connectivity index (χ4n) is 1.46. The molecule has 1 atom stereocenters. The second-order valence-electron chi connectivity index (χ2n) is 3.93. The highest BCUT2D eigenvalue weighted by Crippen LogP contribution is 2.15. The molecule has 1 unspecified atom stereocenters. The predicted molar refractivity (Wildman–Crippen MR) is 60.7 cm³/mol. The summed E-state index contributed by atoms with van der Waals surface area (Å²) in [7, 11) is 0. The van der Waals surface area contributed by atoms with Crippen molar-refractivity contribution in [2.24, 2.45) is 5.92 Å². The summed E-state index contributed by atoms with van der Waals surface area (Å²) in [6.07, 6.45) is 5.87. The van der Waals surface area contributed by atoms with Crippen LogP contribution < -0.4 is 0 Å². The first-order valence-corrected chi connectivity index (χ1v) is 5.72. The second-order valence-corrected chi connectivity index (χ2v) is 4.49. The Morgan fingerprint density at radius 3 is 2.79 bits per heavy atom. The van der Waals surface area contributed by atoms with E-state index in [9.17, 15) is 0 Å². The Morgan fingerprint density at radius 1 is 1.50 bits per heavy atom. The van der Waals surface area contributed by atoms with Crippen LogP contribution >= 0.6 is 11.6 Å². The lowest BCUT2D eigenvalue weighted by molar-refractivity contribution is 0.549. The van der Waals surface area contributed by atoms with Crippen molar-refractivity contribution in [3.05, 3.63) is 18.2 Å². The Morgan fingerprint density at radius 2 is 2.21 bits per heavy atom. The van der Waals surface area contributed by atoms with E-state index < -0.39 is 0 Å². The van der Waals surface area contributed by atoms with Gasteiger partial charge in [0.2, 0.25) is 0 Å². The fraction of sp³-hybridized carbons (Fsp3) is 0.727. The van der Waals surface area contributed by atoms with Crippen LogP contribution in [0.1, 0.15) is 33.0 Å². The van der Waals surface area contributed by atoms with Crippen LogP contribution in [0.25, 0.3) is 0 Å². The summed E-state index contributed by atoms with van der Waals surface area (Å²) in [5.41, 5.74) is 0. The van der Waals surface area contributed by atoms with Crippen molar-refractivity contribution in [3.8, 4) is 0 Å². The van der Waals surface area contributed by atoms with Crippen LogP contribution in [0.15, 0.2) is 12.4 Å². The monoisotopic (exact) mass is 214 g/mol. The van der Waals surface area contributed by atoms with Gasteiger partial charge in [-0.2, -0.15) is 0 Å². The van der Waals surface area contributed by atoms with E-state index in [1.165, 1.54) is 0 Å². The molecule has 0 saturated carbocycles. The van der Waals surface area contributed by atoms with Crippen molar-refractivity contribution in [1.82, 2.24) is 9.55 Å². The van der Waals surface area contributed by atoms with E-state index >= 15 is 0 Å². The van der Waals surface area contributed by atoms with Crippen LogP contribution in [0.5, 0.6) is 0 Å². The average Bonchev–Trinajstić information content (AvgIpc) is 2.60. The van der Waals surface area contributed by atoms with Gasteiger partial charge in [0.1, 0.15) is 5.82 Å². The van der Waals surface area contributed by atoms with E-state index in [2.05, 4.69) is 30.3 Å². The summed E-state index contributed by atoms with van der Waals surface area (Å²) in [6, 6.07) is 0. The van der Waals surface area contributed by atoms with Gasteiger partial charge in [-0.05, 0) is 19.3 Å². The molecular formula is C11H19ClN2. The molecule has 0 radical (unpaired) electrons. The van der Waals surface area contributed by atoms with Crippen LogP contribution in [-0.4, -0.2) is 14.9 Å². The predicted octanol–water partition coefficient (Wildman–Crippen LogP) is 3.10. The smallest absolute Gasteiger partial charge is 0.108 e. The normalized spacial score (nSPS) is 13.5. The molecule has 0 bridgehead atoms. The van der Waals surface area contributed by atoms with E-state index in [1.54, 1.807) is 0 Å². The summed E-state index contributed by atoms with van der Waals surface area (Å²) < 4.78 is 2.17. The molecule has 0 spiro atoms. The van der Waals surface area contributed by atoms with E-state index in [0.29, 0.717) is 5.92 Å². The van der Waals surface area contributed by atoms with Crippen LogP contribution in [0.2, 0.25) is 0 Å². The molecule has 0 aromatic carbocycles. The third kappa shape index (κ3) is 3.02. The fourth-order valence-corrected chi connectivity index (χ4v) is 1.57. The SMILES string of the molecule is CCn1ccnc1CCC(Cl)C(C)C. The average molecular weight is 215 g/mol. The van der Waals surface area contributed by atoms with Gasteiger partial charge in [0.15, 0.2) is 0 Å².